The first kappa shape index (κ1) is 15.8. The number of anilines is 1. The van der Waals surface area contributed by atoms with E-state index < -0.39 is 0 Å². The first-order valence-electron chi connectivity index (χ1n) is 7.66. The van der Waals surface area contributed by atoms with Crippen LogP contribution >= 0.6 is 15.9 Å². The fourth-order valence-electron chi connectivity index (χ4n) is 2.96. The maximum atomic E-state index is 3.74. The fraction of sp³-hybridized carbons (Fsp3) is 0.647. The van der Waals surface area contributed by atoms with E-state index in [0.717, 1.165) is 13.1 Å². The molecule has 0 radical (unpaired) electrons. The molecule has 112 valence electrons. The molecule has 1 heterocycles. The molecule has 2 unspecified atom stereocenters. The smallest absolute Gasteiger partial charge is 0.0516 e. The zero-order chi connectivity index (χ0) is 14.9. The Balaban J connectivity index is 2.33. The Labute approximate surface area is 132 Å². The van der Waals surface area contributed by atoms with Gasteiger partial charge in [0.25, 0.3) is 0 Å². The predicted molar refractivity (Wildman–Crippen MR) is 91.5 cm³/mol. The van der Waals surface area contributed by atoms with Gasteiger partial charge in [0.2, 0.25) is 0 Å². The van der Waals surface area contributed by atoms with Gasteiger partial charge in [0.1, 0.15) is 0 Å². The SMILES string of the molecule is Cc1ccc(Br)c(N2CC(C(C)C)NCC2C(C)C)c1. The summed E-state index contributed by atoms with van der Waals surface area (Å²) in [5.74, 6) is 1.30. The molecule has 1 fully saturated rings. The Bertz CT molecular complexity index is 456. The van der Waals surface area contributed by atoms with E-state index in [-0.39, 0.29) is 0 Å². The predicted octanol–water partition coefficient (Wildman–Crippen LogP) is 4.22. The van der Waals surface area contributed by atoms with Crippen LogP contribution in [0.2, 0.25) is 0 Å². The molecule has 0 spiro atoms. The second-order valence-corrected chi connectivity index (χ2v) is 7.53. The molecule has 3 heteroatoms. The van der Waals surface area contributed by atoms with Crippen molar-refractivity contribution in [3.8, 4) is 0 Å². The molecular weight excluding hydrogens is 312 g/mol. The zero-order valence-corrected chi connectivity index (χ0v) is 14.9. The maximum Gasteiger partial charge on any atom is 0.0516 e. The molecule has 20 heavy (non-hydrogen) atoms. The van der Waals surface area contributed by atoms with E-state index in [1.807, 2.05) is 0 Å². The lowest BCUT2D eigenvalue weighted by Gasteiger charge is -2.45. The molecule has 2 rings (SSSR count). The lowest BCUT2D eigenvalue weighted by molar-refractivity contribution is 0.295. The maximum absolute atomic E-state index is 3.74. The molecule has 0 amide bonds. The molecular formula is C17H27BrN2. The summed E-state index contributed by atoms with van der Waals surface area (Å²) in [4.78, 5) is 2.60. The number of benzene rings is 1. The molecule has 0 bridgehead atoms. The Morgan fingerprint density at radius 3 is 2.50 bits per heavy atom. The quantitative estimate of drug-likeness (QED) is 0.887. The van der Waals surface area contributed by atoms with E-state index in [4.69, 9.17) is 0 Å². The van der Waals surface area contributed by atoms with Crippen molar-refractivity contribution in [2.24, 2.45) is 11.8 Å². The van der Waals surface area contributed by atoms with Gasteiger partial charge in [-0.2, -0.15) is 0 Å². The van der Waals surface area contributed by atoms with Gasteiger partial charge in [0, 0.05) is 29.6 Å². The first-order valence-corrected chi connectivity index (χ1v) is 8.45. The average molecular weight is 339 g/mol. The molecule has 1 aliphatic heterocycles. The molecule has 0 aromatic heterocycles. The summed E-state index contributed by atoms with van der Waals surface area (Å²) in [6.07, 6.45) is 0. The number of aryl methyl sites for hydroxylation is 1. The monoisotopic (exact) mass is 338 g/mol. The van der Waals surface area contributed by atoms with E-state index in [9.17, 15) is 0 Å². The van der Waals surface area contributed by atoms with Gasteiger partial charge < -0.3 is 10.2 Å². The van der Waals surface area contributed by atoms with Crippen LogP contribution < -0.4 is 10.2 Å². The van der Waals surface area contributed by atoms with Crippen LogP contribution in [0.4, 0.5) is 5.69 Å². The molecule has 0 saturated carbocycles. The molecule has 1 aliphatic rings. The zero-order valence-electron chi connectivity index (χ0n) is 13.3. The summed E-state index contributed by atoms with van der Waals surface area (Å²) >= 11 is 3.74. The third-order valence-electron chi connectivity index (χ3n) is 4.37. The number of halogens is 1. The standard InChI is InChI=1S/C17H27BrN2/c1-11(2)15-10-20(17(9-19-15)12(3)4)16-8-13(5)6-7-14(16)18/h6-8,11-12,15,17,19H,9-10H2,1-5H3. The number of nitrogens with zero attached hydrogens (tertiary/aromatic N) is 1. The minimum Gasteiger partial charge on any atom is -0.365 e. The molecule has 0 aliphatic carbocycles. The highest BCUT2D eigenvalue weighted by Gasteiger charge is 2.32. The highest BCUT2D eigenvalue weighted by molar-refractivity contribution is 9.10. The van der Waals surface area contributed by atoms with Gasteiger partial charge in [-0.3, -0.25) is 0 Å². The van der Waals surface area contributed by atoms with Crippen molar-refractivity contribution < 1.29 is 0 Å². The number of hydrogen-bond donors (Lipinski definition) is 1. The highest BCUT2D eigenvalue weighted by Crippen LogP contribution is 2.32. The van der Waals surface area contributed by atoms with Gasteiger partial charge in [-0.1, -0.05) is 33.8 Å². The third kappa shape index (κ3) is 3.37. The van der Waals surface area contributed by atoms with E-state index >= 15 is 0 Å². The Hall–Kier alpha value is -0.540. The van der Waals surface area contributed by atoms with E-state index in [1.165, 1.54) is 15.7 Å². The molecule has 1 aromatic rings. The summed E-state index contributed by atoms with van der Waals surface area (Å²) in [6.45, 7) is 13.6. The van der Waals surface area contributed by atoms with Gasteiger partial charge in [0.05, 0.1) is 5.69 Å². The minimum absolute atomic E-state index is 0.558. The van der Waals surface area contributed by atoms with Crippen LogP contribution in [0.1, 0.15) is 33.3 Å². The second kappa shape index (κ2) is 6.48. The van der Waals surface area contributed by atoms with Gasteiger partial charge in [-0.15, -0.1) is 0 Å². The van der Waals surface area contributed by atoms with Gasteiger partial charge in [-0.25, -0.2) is 0 Å². The normalized spacial score (nSPS) is 23.7. The van der Waals surface area contributed by atoms with E-state index in [2.05, 4.69) is 79.0 Å². The first-order chi connectivity index (χ1) is 9.40. The van der Waals surface area contributed by atoms with Crippen LogP contribution in [0, 0.1) is 18.8 Å². The van der Waals surface area contributed by atoms with Crippen molar-refractivity contribution in [1.29, 1.82) is 0 Å². The van der Waals surface area contributed by atoms with Crippen molar-refractivity contribution >= 4 is 21.6 Å². The molecule has 1 aromatic carbocycles. The Morgan fingerprint density at radius 1 is 1.20 bits per heavy atom. The van der Waals surface area contributed by atoms with Crippen LogP contribution in [0.25, 0.3) is 0 Å². The molecule has 1 N–H and O–H groups in total. The van der Waals surface area contributed by atoms with E-state index in [0.29, 0.717) is 23.9 Å². The topological polar surface area (TPSA) is 15.3 Å². The summed E-state index contributed by atoms with van der Waals surface area (Å²) in [5, 5.41) is 3.73. The summed E-state index contributed by atoms with van der Waals surface area (Å²) in [5.41, 5.74) is 2.67. The van der Waals surface area contributed by atoms with Crippen molar-refractivity contribution in [3.63, 3.8) is 0 Å². The largest absolute Gasteiger partial charge is 0.365 e. The third-order valence-corrected chi connectivity index (χ3v) is 5.04. The van der Waals surface area contributed by atoms with Crippen LogP contribution in [0.3, 0.4) is 0 Å². The van der Waals surface area contributed by atoms with Gasteiger partial charge in [0.15, 0.2) is 0 Å². The molecule has 2 nitrogen and oxygen atoms in total. The van der Waals surface area contributed by atoms with Crippen LogP contribution in [0.15, 0.2) is 22.7 Å². The van der Waals surface area contributed by atoms with Crippen LogP contribution in [0.5, 0.6) is 0 Å². The molecule has 2 atom stereocenters. The average Bonchev–Trinajstić information content (AvgIpc) is 2.40. The van der Waals surface area contributed by atoms with Crippen molar-refractivity contribution in [1.82, 2.24) is 5.32 Å². The molecule has 1 saturated heterocycles. The second-order valence-electron chi connectivity index (χ2n) is 6.68. The Kier molecular flexibility index (Phi) is 5.14. The van der Waals surface area contributed by atoms with Crippen molar-refractivity contribution in [3.05, 3.63) is 28.2 Å². The summed E-state index contributed by atoms with van der Waals surface area (Å²) in [7, 11) is 0. The lowest BCUT2D eigenvalue weighted by Crippen LogP contribution is -2.60. The van der Waals surface area contributed by atoms with Crippen LogP contribution in [-0.2, 0) is 0 Å². The van der Waals surface area contributed by atoms with Gasteiger partial charge >= 0.3 is 0 Å². The van der Waals surface area contributed by atoms with Gasteiger partial charge in [-0.05, 0) is 52.4 Å². The minimum atomic E-state index is 0.558. The van der Waals surface area contributed by atoms with Crippen LogP contribution in [-0.4, -0.2) is 25.2 Å². The fourth-order valence-corrected chi connectivity index (χ4v) is 3.43. The number of piperazine rings is 1. The Morgan fingerprint density at radius 2 is 1.90 bits per heavy atom. The van der Waals surface area contributed by atoms with E-state index in [1.54, 1.807) is 0 Å². The highest BCUT2D eigenvalue weighted by atomic mass is 79.9. The lowest BCUT2D eigenvalue weighted by atomic mass is 9.93. The van der Waals surface area contributed by atoms with Crippen molar-refractivity contribution in [2.75, 3.05) is 18.0 Å². The number of nitrogens with one attached hydrogen (secondary N) is 1. The summed E-state index contributed by atoms with van der Waals surface area (Å²) < 4.78 is 1.21. The number of rotatable bonds is 3. The van der Waals surface area contributed by atoms with Crippen molar-refractivity contribution in [2.45, 2.75) is 46.7 Å². The summed E-state index contributed by atoms with van der Waals surface area (Å²) in [6, 6.07) is 7.78. The number of hydrogen-bond acceptors (Lipinski definition) is 2.